The van der Waals surface area contributed by atoms with Gasteiger partial charge in [0, 0.05) is 12.2 Å². The average molecular weight is 639 g/mol. The summed E-state index contributed by atoms with van der Waals surface area (Å²) in [6, 6.07) is 8.10. The summed E-state index contributed by atoms with van der Waals surface area (Å²) in [5.41, 5.74) is 0.996. The van der Waals surface area contributed by atoms with Crippen molar-refractivity contribution in [3.8, 4) is 5.69 Å². The molecule has 0 saturated heterocycles. The van der Waals surface area contributed by atoms with Crippen molar-refractivity contribution in [1.29, 1.82) is 0 Å². The van der Waals surface area contributed by atoms with Crippen LogP contribution < -0.4 is 4.68 Å². The molecule has 0 fully saturated rings. The van der Waals surface area contributed by atoms with Crippen LogP contribution in [0.4, 0.5) is 4.79 Å². The van der Waals surface area contributed by atoms with Gasteiger partial charge in [-0.1, -0.05) is 23.7 Å². The van der Waals surface area contributed by atoms with E-state index in [0.717, 1.165) is 34.4 Å². The van der Waals surface area contributed by atoms with E-state index in [0.29, 0.717) is 13.0 Å². The number of halogens is 6. The Bertz CT molecular complexity index is 875. The van der Waals surface area contributed by atoms with Crippen LogP contribution in [-0.4, -0.2) is 37.3 Å². The van der Waals surface area contributed by atoms with Gasteiger partial charge in [-0.2, -0.15) is 0 Å². The second-order valence-electron chi connectivity index (χ2n) is 5.64. The van der Waals surface area contributed by atoms with Crippen molar-refractivity contribution in [2.75, 3.05) is 12.4 Å². The maximum atomic E-state index is 12.4. The first-order chi connectivity index (χ1) is 12.7. The molecular weight excluding hydrogens is 621 g/mol. The third-order valence-corrected chi connectivity index (χ3v) is 4.45. The molecule has 5 nitrogen and oxygen atoms in total. The van der Waals surface area contributed by atoms with Gasteiger partial charge in [0.25, 0.3) is 5.82 Å². The third-order valence-electron chi connectivity index (χ3n) is 3.38. The van der Waals surface area contributed by atoms with Gasteiger partial charge in [-0.15, -0.1) is 16.4 Å². The number of nitrogens with zero attached hydrogens (tertiary/aromatic N) is 3. The molecule has 0 aliphatic carbocycles. The number of carbonyl (C=O) groups is 1. The van der Waals surface area contributed by atoms with Crippen LogP contribution in [0.1, 0.15) is 25.5 Å². The summed E-state index contributed by atoms with van der Waals surface area (Å²) in [6.07, 6.45) is 1.15. The van der Waals surface area contributed by atoms with E-state index < -0.39 is 9.14 Å². The van der Waals surface area contributed by atoms with Crippen molar-refractivity contribution in [1.82, 2.24) is 9.67 Å². The number of aryl methyl sites for hydroxylation is 2. The summed E-state index contributed by atoms with van der Waals surface area (Å²) in [4.78, 5) is 18.2. The molecule has 28 heavy (non-hydrogen) atoms. The normalized spacial score (nSPS) is 15.7. The molecule has 0 radical (unpaired) electrons. The van der Waals surface area contributed by atoms with Crippen LogP contribution in [0.5, 0.6) is 0 Å². The standard InChI is InChI=1S/C15H18N3O2S.6ClH.Sb/c1-3-13-16-14-9-10-21-12-8-6-5-7-11(12)17(14)18(13)15(19)20-4-2;;;;;;;/h5-8H,3-4,9-10H2,1-2H3;6*1H;/q+1;;;;;;;+5/p-6. The number of ether oxygens (including phenoxy) is 1. The van der Waals surface area contributed by atoms with Crippen molar-refractivity contribution in [3.63, 3.8) is 0 Å². The van der Waals surface area contributed by atoms with Gasteiger partial charge in [-0.25, -0.2) is 4.79 Å². The van der Waals surface area contributed by atoms with Gasteiger partial charge in [-0.3, -0.25) is 0 Å². The first-order valence-electron chi connectivity index (χ1n) is 8.19. The molecule has 13 heteroatoms. The van der Waals surface area contributed by atoms with E-state index in [9.17, 15) is 4.79 Å². The van der Waals surface area contributed by atoms with Gasteiger partial charge in [0.15, 0.2) is 5.69 Å². The molecule has 0 N–H and O–H groups in total. The van der Waals surface area contributed by atoms with Gasteiger partial charge in [0.2, 0.25) is 0 Å². The van der Waals surface area contributed by atoms with Crippen molar-refractivity contribution >= 4 is 80.0 Å². The molecule has 1 aliphatic rings. The number of para-hydroxylation sites is 1. The maximum absolute atomic E-state index is 12.4. The predicted octanol–water partition coefficient (Wildman–Crippen LogP) is 6.13. The monoisotopic (exact) mass is 635 g/mol. The second-order valence-corrected chi connectivity index (χ2v) is 63.7. The SMILES string of the molecule is CCOC(=O)n1c(CC)nc2[n+]1-c1ccccc1SCC2.[Cl][Sb-]([Cl])([Cl])([Cl])([Cl])[Cl]. The van der Waals surface area contributed by atoms with Gasteiger partial charge in [0.05, 0.1) is 17.9 Å². The molecule has 0 spiro atoms. The molecule has 1 aromatic heterocycles. The van der Waals surface area contributed by atoms with E-state index in [1.54, 1.807) is 16.4 Å². The minimum atomic E-state index is -5.42. The first-order valence-corrected chi connectivity index (χ1v) is 28.6. The summed E-state index contributed by atoms with van der Waals surface area (Å²) in [5.74, 6) is 2.61. The molecule has 2 heterocycles. The van der Waals surface area contributed by atoms with E-state index in [1.165, 1.54) is 0 Å². The number of thioether (sulfide) groups is 1. The van der Waals surface area contributed by atoms with Crippen molar-refractivity contribution in [2.45, 2.75) is 31.6 Å². The fraction of sp³-hybridized carbons (Fsp3) is 0.400. The van der Waals surface area contributed by atoms with Gasteiger partial charge in [0.1, 0.15) is 0 Å². The molecule has 0 bridgehead atoms. The Morgan fingerprint density at radius 2 is 1.82 bits per heavy atom. The summed E-state index contributed by atoms with van der Waals surface area (Å²) >= 11 is 1.79. The quantitative estimate of drug-likeness (QED) is 0.294. The molecule has 3 rings (SSSR count). The number of carbonyl (C=O) groups excluding carboxylic acids is 1. The predicted molar refractivity (Wildman–Crippen MR) is 121 cm³/mol. The zero-order valence-corrected chi connectivity index (χ0v) is 22.8. The number of hydrogen-bond acceptors (Lipinski definition) is 4. The average Bonchev–Trinajstić information content (AvgIpc) is 2.82. The Hall–Kier alpha value is 0.738. The fourth-order valence-electron chi connectivity index (χ4n) is 2.49. The fourth-order valence-corrected chi connectivity index (χ4v) is 3.47. The van der Waals surface area contributed by atoms with Crippen LogP contribution in [0.3, 0.4) is 0 Å². The Kier molecular flexibility index (Phi) is 7.77. The van der Waals surface area contributed by atoms with Crippen LogP contribution in [0.25, 0.3) is 5.69 Å². The van der Waals surface area contributed by atoms with Crippen LogP contribution >= 0.6 is 64.7 Å². The van der Waals surface area contributed by atoms with Crippen molar-refractivity contribution in [3.05, 3.63) is 35.9 Å². The molecule has 0 unspecified atom stereocenters. The molecule has 0 atom stereocenters. The van der Waals surface area contributed by atoms with E-state index in [2.05, 4.69) is 11.1 Å². The van der Waals surface area contributed by atoms with Crippen LogP contribution in [0, 0.1) is 0 Å². The van der Waals surface area contributed by atoms with E-state index >= 15 is 0 Å². The van der Waals surface area contributed by atoms with Crippen molar-refractivity contribution < 1.29 is 14.2 Å². The Morgan fingerprint density at radius 1 is 1.21 bits per heavy atom. The zero-order chi connectivity index (χ0) is 21.2. The molecular formula is C15H18Cl6N3O2SSb. The minimum absolute atomic E-state index is 0.353. The summed E-state index contributed by atoms with van der Waals surface area (Å²) in [5, 5.41) is 0. The summed E-state index contributed by atoms with van der Waals surface area (Å²) < 4.78 is 8.69. The summed E-state index contributed by atoms with van der Waals surface area (Å²) in [6.45, 7) is 4.16. The van der Waals surface area contributed by atoms with Crippen molar-refractivity contribution in [2.24, 2.45) is 0 Å². The van der Waals surface area contributed by atoms with Gasteiger partial charge in [-0.05, 0) is 24.0 Å². The van der Waals surface area contributed by atoms with E-state index in [4.69, 9.17) is 57.7 Å². The summed E-state index contributed by atoms with van der Waals surface area (Å²) in [7, 11) is 25.0. The molecule has 1 aromatic carbocycles. The number of rotatable bonds is 2. The number of benzene rings is 1. The molecule has 158 valence electrons. The van der Waals surface area contributed by atoms with Crippen LogP contribution in [0.2, 0.25) is 0 Å². The second kappa shape index (κ2) is 8.70. The Labute approximate surface area is 187 Å². The Balaban J connectivity index is 0.000000345. The van der Waals surface area contributed by atoms with Gasteiger partial charge < -0.3 is 4.74 Å². The van der Waals surface area contributed by atoms with Crippen LogP contribution in [0.15, 0.2) is 29.2 Å². The third kappa shape index (κ3) is 8.11. The number of hydrogen-bond donors (Lipinski definition) is 0. The number of fused-ring (bicyclic) bond motifs is 3. The molecule has 0 saturated carbocycles. The Morgan fingerprint density at radius 3 is 2.39 bits per heavy atom. The first kappa shape index (κ1) is 25.0. The number of aromatic nitrogens is 3. The van der Waals surface area contributed by atoms with Crippen LogP contribution in [-0.2, 0) is 17.6 Å². The topological polar surface area (TPSA) is 48.0 Å². The van der Waals surface area contributed by atoms with E-state index in [1.807, 2.05) is 36.7 Å². The van der Waals surface area contributed by atoms with E-state index in [-0.39, 0.29) is 6.09 Å². The molecule has 2 aromatic rings. The molecule has 1 aliphatic heterocycles. The van der Waals surface area contributed by atoms with Gasteiger partial charge >= 0.3 is 74.0 Å². The molecule has 0 amide bonds. The zero-order valence-electron chi connectivity index (χ0n) is 14.9.